The van der Waals surface area contributed by atoms with Gasteiger partial charge >= 0.3 is 24.3 Å². The van der Waals surface area contributed by atoms with Gasteiger partial charge in [-0.1, -0.05) is 6.07 Å². The number of hydrogen-bond donors (Lipinski definition) is 3. The van der Waals surface area contributed by atoms with Crippen molar-refractivity contribution in [3.8, 4) is 0 Å². The molecule has 11 nitrogen and oxygen atoms in total. The maximum absolute atomic E-state index is 12.2. The van der Waals surface area contributed by atoms with Crippen LogP contribution in [0.25, 0.3) is 0 Å². The Balaban J connectivity index is 0.000000349. The molecule has 0 saturated heterocycles. The highest BCUT2D eigenvalue weighted by atomic mass is 19.4. The number of nitrogens with zero attached hydrogens (tertiary/aromatic N) is 5. The highest BCUT2D eigenvalue weighted by Crippen LogP contribution is 2.24. The normalized spacial score (nSPS) is 14.8. The summed E-state index contributed by atoms with van der Waals surface area (Å²) in [7, 11) is 0. The van der Waals surface area contributed by atoms with E-state index in [9.17, 15) is 31.1 Å². The third-order valence-corrected chi connectivity index (χ3v) is 5.25. The number of fused-ring (bicyclic) bond motifs is 1. The average Bonchev–Trinajstić information content (AvgIpc) is 3.38. The predicted molar refractivity (Wildman–Crippen MR) is 128 cm³/mol. The fourth-order valence-electron chi connectivity index (χ4n) is 3.50. The Labute approximate surface area is 228 Å². The van der Waals surface area contributed by atoms with Gasteiger partial charge in [-0.05, 0) is 36.2 Å². The van der Waals surface area contributed by atoms with E-state index in [2.05, 4.69) is 42.1 Å². The van der Waals surface area contributed by atoms with Crippen LogP contribution in [0.1, 0.15) is 34.1 Å². The molecule has 3 N–H and O–H groups in total. The quantitative estimate of drug-likeness (QED) is 0.368. The number of nitrogens with one attached hydrogen (secondary N) is 1. The van der Waals surface area contributed by atoms with E-state index < -0.39 is 24.3 Å². The van der Waals surface area contributed by atoms with Crippen LogP contribution in [0.4, 0.5) is 26.3 Å². The van der Waals surface area contributed by atoms with Crippen molar-refractivity contribution in [2.45, 2.75) is 37.9 Å². The summed E-state index contributed by atoms with van der Waals surface area (Å²) < 4.78 is 65.6. The summed E-state index contributed by atoms with van der Waals surface area (Å²) in [5.41, 5.74) is 2.99. The number of hydrogen-bond acceptors (Lipinski definition) is 7. The molecular weight excluding hydrogens is 566 g/mol. The molecule has 1 atom stereocenters. The number of halogens is 6. The SMILES string of the molecule is O=C(NCCC1CN(Cc2cccnc2)Cc2ccnn21)c1cccnc1.O=C(O)C(F)(F)F.O=C(O)C(F)(F)F. The van der Waals surface area contributed by atoms with Gasteiger partial charge in [0.1, 0.15) is 0 Å². The lowest BCUT2D eigenvalue weighted by atomic mass is 10.1. The van der Waals surface area contributed by atoms with Crippen molar-refractivity contribution < 1.29 is 50.9 Å². The number of alkyl halides is 6. The van der Waals surface area contributed by atoms with Crippen molar-refractivity contribution in [3.05, 3.63) is 78.1 Å². The summed E-state index contributed by atoms with van der Waals surface area (Å²) in [5.74, 6) is -5.60. The average molecular weight is 590 g/mol. The van der Waals surface area contributed by atoms with E-state index in [0.717, 1.165) is 26.1 Å². The van der Waals surface area contributed by atoms with Crippen LogP contribution < -0.4 is 5.32 Å². The lowest BCUT2D eigenvalue weighted by Gasteiger charge is -2.34. The number of pyridine rings is 2. The molecular formula is C24H24F6N6O5. The maximum Gasteiger partial charge on any atom is 0.490 e. The van der Waals surface area contributed by atoms with Gasteiger partial charge in [-0.2, -0.15) is 31.4 Å². The summed E-state index contributed by atoms with van der Waals surface area (Å²) in [4.78, 5) is 40.6. The second-order valence-corrected chi connectivity index (χ2v) is 8.34. The van der Waals surface area contributed by atoms with Gasteiger partial charge in [-0.25, -0.2) is 9.59 Å². The molecule has 0 fully saturated rings. The molecule has 0 spiro atoms. The smallest absolute Gasteiger partial charge is 0.475 e. The maximum atomic E-state index is 12.2. The monoisotopic (exact) mass is 590 g/mol. The van der Waals surface area contributed by atoms with Crippen molar-refractivity contribution in [3.63, 3.8) is 0 Å². The predicted octanol–water partition coefficient (Wildman–Crippen LogP) is 3.32. The lowest BCUT2D eigenvalue weighted by Crippen LogP contribution is -2.39. The minimum atomic E-state index is -5.08. The van der Waals surface area contributed by atoms with E-state index in [1.807, 2.05) is 18.5 Å². The van der Waals surface area contributed by atoms with Gasteiger partial charge in [0.25, 0.3) is 5.91 Å². The Morgan fingerprint density at radius 2 is 1.49 bits per heavy atom. The molecule has 1 aliphatic heterocycles. The van der Waals surface area contributed by atoms with Gasteiger partial charge in [0.2, 0.25) is 0 Å². The highest BCUT2D eigenvalue weighted by molar-refractivity contribution is 5.93. The number of aliphatic carboxylic acids is 2. The molecule has 0 saturated carbocycles. The van der Waals surface area contributed by atoms with E-state index in [0.29, 0.717) is 12.1 Å². The second kappa shape index (κ2) is 14.7. The first kappa shape index (κ1) is 32.7. The van der Waals surface area contributed by atoms with Crippen molar-refractivity contribution >= 4 is 17.8 Å². The van der Waals surface area contributed by atoms with Crippen molar-refractivity contribution in [1.29, 1.82) is 0 Å². The number of aromatic nitrogens is 4. The first-order valence-corrected chi connectivity index (χ1v) is 11.6. The minimum Gasteiger partial charge on any atom is -0.475 e. The Bertz CT molecular complexity index is 1250. The lowest BCUT2D eigenvalue weighted by molar-refractivity contribution is -0.193. The molecule has 1 amide bonds. The number of carboxylic acid groups (broad SMARTS) is 2. The minimum absolute atomic E-state index is 0.0909. The molecule has 4 heterocycles. The standard InChI is InChI=1S/C20H22N6O.2C2HF3O2/c27-20(17-4-2-8-22-12-17)23-9-5-18-14-25(13-16-3-1-7-21-11-16)15-19-6-10-24-26(18)19;2*3-2(4,5)1(6)7/h1-4,6-8,10-12,18H,5,9,13-15H2,(H,23,27);2*(H,6,7). The van der Waals surface area contributed by atoms with E-state index in [1.165, 1.54) is 11.3 Å². The number of amides is 1. The van der Waals surface area contributed by atoms with E-state index in [4.69, 9.17) is 19.8 Å². The van der Waals surface area contributed by atoms with Crippen LogP contribution in [0.15, 0.2) is 61.3 Å². The number of carbonyl (C=O) groups excluding carboxylic acids is 1. The van der Waals surface area contributed by atoms with E-state index in [-0.39, 0.29) is 11.9 Å². The van der Waals surface area contributed by atoms with Crippen LogP contribution in [0.3, 0.4) is 0 Å². The second-order valence-electron chi connectivity index (χ2n) is 8.34. The molecule has 1 unspecified atom stereocenters. The fourth-order valence-corrected chi connectivity index (χ4v) is 3.50. The van der Waals surface area contributed by atoms with Crippen molar-refractivity contribution in [1.82, 2.24) is 30.0 Å². The molecule has 3 aromatic rings. The van der Waals surface area contributed by atoms with Crippen LogP contribution in [-0.2, 0) is 22.7 Å². The van der Waals surface area contributed by atoms with Gasteiger partial charge in [0.15, 0.2) is 0 Å². The summed E-state index contributed by atoms with van der Waals surface area (Å²) in [6.07, 6.45) is -0.544. The summed E-state index contributed by atoms with van der Waals surface area (Å²) in [6, 6.07) is 9.90. The largest absolute Gasteiger partial charge is 0.490 e. The highest BCUT2D eigenvalue weighted by Gasteiger charge is 2.38. The van der Waals surface area contributed by atoms with E-state index >= 15 is 0 Å². The topological polar surface area (TPSA) is 151 Å². The van der Waals surface area contributed by atoms with Crippen LogP contribution in [0.2, 0.25) is 0 Å². The Morgan fingerprint density at radius 3 is 2.00 bits per heavy atom. The molecule has 222 valence electrons. The van der Waals surface area contributed by atoms with Crippen molar-refractivity contribution in [2.75, 3.05) is 13.1 Å². The zero-order valence-electron chi connectivity index (χ0n) is 21.0. The zero-order valence-corrected chi connectivity index (χ0v) is 21.0. The molecule has 0 bridgehead atoms. The van der Waals surface area contributed by atoms with Gasteiger partial charge in [0.05, 0.1) is 17.3 Å². The summed E-state index contributed by atoms with van der Waals surface area (Å²) >= 11 is 0. The molecule has 4 rings (SSSR count). The number of carboxylic acids is 2. The van der Waals surface area contributed by atoms with Crippen LogP contribution in [0.5, 0.6) is 0 Å². The Kier molecular flexibility index (Phi) is 11.7. The molecule has 0 aromatic carbocycles. The molecule has 0 radical (unpaired) electrons. The first-order valence-electron chi connectivity index (χ1n) is 11.6. The number of rotatable bonds is 6. The van der Waals surface area contributed by atoms with Crippen LogP contribution in [-0.4, -0.2) is 78.1 Å². The third-order valence-electron chi connectivity index (χ3n) is 5.25. The third kappa shape index (κ3) is 11.2. The first-order chi connectivity index (χ1) is 19.2. The van der Waals surface area contributed by atoms with Crippen LogP contribution in [0, 0.1) is 0 Å². The Hall–Kier alpha value is -4.54. The molecule has 0 aliphatic carbocycles. The summed E-state index contributed by atoms with van der Waals surface area (Å²) in [5, 5.41) is 21.7. The fraction of sp³-hybridized carbons (Fsp3) is 0.333. The number of carbonyl (C=O) groups is 3. The molecule has 3 aromatic heterocycles. The van der Waals surface area contributed by atoms with Gasteiger partial charge in [-0.3, -0.25) is 24.3 Å². The molecule has 1 aliphatic rings. The van der Waals surface area contributed by atoms with Crippen LogP contribution >= 0.6 is 0 Å². The summed E-state index contributed by atoms with van der Waals surface area (Å²) in [6.45, 7) is 3.22. The van der Waals surface area contributed by atoms with Gasteiger partial charge < -0.3 is 15.5 Å². The van der Waals surface area contributed by atoms with Gasteiger partial charge in [-0.15, -0.1) is 0 Å². The molecule has 17 heteroatoms. The zero-order chi connectivity index (χ0) is 30.6. The molecule has 41 heavy (non-hydrogen) atoms. The van der Waals surface area contributed by atoms with Crippen molar-refractivity contribution in [2.24, 2.45) is 0 Å². The Morgan fingerprint density at radius 1 is 0.902 bits per heavy atom. The van der Waals surface area contributed by atoms with Gasteiger partial charge in [0, 0.05) is 57.2 Å². The van der Waals surface area contributed by atoms with E-state index in [1.54, 1.807) is 30.7 Å².